The van der Waals surface area contributed by atoms with Gasteiger partial charge in [-0.25, -0.2) is 0 Å². The van der Waals surface area contributed by atoms with Gasteiger partial charge in [-0.3, -0.25) is 34.2 Å². The van der Waals surface area contributed by atoms with Crippen LogP contribution in [-0.2, 0) is 29.4 Å². The highest BCUT2D eigenvalue weighted by Crippen LogP contribution is 2.32. The van der Waals surface area contributed by atoms with E-state index >= 15 is 0 Å². The molecule has 2 heterocycles. The lowest BCUT2D eigenvalue weighted by Gasteiger charge is -2.28. The summed E-state index contributed by atoms with van der Waals surface area (Å²) in [6.07, 6.45) is 1.48. The zero-order valence-electron chi connectivity index (χ0n) is 23.5. The van der Waals surface area contributed by atoms with Crippen molar-refractivity contribution in [2.24, 2.45) is 5.92 Å². The first-order valence-electron chi connectivity index (χ1n) is 13.5. The summed E-state index contributed by atoms with van der Waals surface area (Å²) in [4.78, 5) is 63.3. The number of hydrogen-bond donors (Lipinski definition) is 3. The molecular weight excluding hydrogens is 522 g/mol. The molecule has 2 unspecified atom stereocenters. The maximum Gasteiger partial charge on any atom is 0.278 e. The largest absolute Gasteiger partial charge is 0.351 e. The molecule has 0 radical (unpaired) electrons. The Morgan fingerprint density at radius 2 is 1.80 bits per heavy atom. The molecule has 5 amide bonds. The van der Waals surface area contributed by atoms with Crippen LogP contribution < -0.4 is 16.0 Å². The van der Waals surface area contributed by atoms with Gasteiger partial charge in [-0.1, -0.05) is 38.1 Å². The average molecular weight is 556 g/mol. The van der Waals surface area contributed by atoms with E-state index < -0.39 is 35.1 Å². The van der Waals surface area contributed by atoms with Crippen molar-refractivity contribution < 1.29 is 24.0 Å². The van der Waals surface area contributed by atoms with Crippen LogP contribution in [0.5, 0.6) is 0 Å². The Balaban J connectivity index is 1.46. The van der Waals surface area contributed by atoms with Gasteiger partial charge in [0.2, 0.25) is 17.7 Å². The van der Waals surface area contributed by atoms with E-state index in [-0.39, 0.29) is 42.7 Å². The van der Waals surface area contributed by atoms with Crippen LogP contribution in [0.3, 0.4) is 0 Å². The van der Waals surface area contributed by atoms with E-state index in [2.05, 4.69) is 22.0 Å². The highest BCUT2D eigenvalue weighted by molar-refractivity contribution is 6.20. The molecule has 1 fully saturated rings. The highest BCUT2D eigenvalue weighted by atomic mass is 16.2. The summed E-state index contributed by atoms with van der Waals surface area (Å²) in [5.41, 5.74) is 2.19. The van der Waals surface area contributed by atoms with Crippen LogP contribution in [0.15, 0.2) is 60.3 Å². The lowest BCUT2D eigenvalue weighted by atomic mass is 9.85. The molecule has 0 aliphatic carbocycles. The number of nitrogens with one attached hydrogen (secondary N) is 3. The van der Waals surface area contributed by atoms with E-state index in [9.17, 15) is 29.2 Å². The number of anilines is 2. The summed E-state index contributed by atoms with van der Waals surface area (Å²) in [5.74, 6) is -2.58. The van der Waals surface area contributed by atoms with Crippen LogP contribution in [0.1, 0.15) is 64.0 Å². The SMILES string of the molecule is CC(C)C(CC(=O)Nc1cccc(C(C)(C)C#N)c1)c1cccc(NC2=CC(=O)N(C3CCC(=O)NC3=O)C2=O)c1. The maximum absolute atomic E-state index is 13.1. The Morgan fingerprint density at radius 3 is 2.49 bits per heavy atom. The van der Waals surface area contributed by atoms with E-state index in [0.29, 0.717) is 11.4 Å². The third-order valence-corrected chi connectivity index (χ3v) is 7.43. The van der Waals surface area contributed by atoms with Gasteiger partial charge in [0.05, 0.1) is 11.5 Å². The normalized spacial score (nSPS) is 18.1. The molecule has 10 heteroatoms. The molecule has 41 heavy (non-hydrogen) atoms. The molecule has 2 aliphatic heterocycles. The maximum atomic E-state index is 13.1. The van der Waals surface area contributed by atoms with Crippen molar-refractivity contribution in [3.05, 3.63) is 71.4 Å². The molecule has 0 saturated carbocycles. The molecule has 3 N–H and O–H groups in total. The van der Waals surface area contributed by atoms with Crippen molar-refractivity contribution in [3.8, 4) is 6.07 Å². The lowest BCUT2D eigenvalue weighted by molar-refractivity contribution is -0.149. The van der Waals surface area contributed by atoms with Gasteiger partial charge in [-0.05, 0) is 67.5 Å². The Labute approximate surface area is 238 Å². The van der Waals surface area contributed by atoms with Crippen LogP contribution in [0, 0.1) is 17.2 Å². The van der Waals surface area contributed by atoms with Gasteiger partial charge >= 0.3 is 0 Å². The van der Waals surface area contributed by atoms with Crippen LogP contribution >= 0.6 is 0 Å². The smallest absolute Gasteiger partial charge is 0.278 e. The Kier molecular flexibility index (Phi) is 8.38. The van der Waals surface area contributed by atoms with Gasteiger partial charge in [0.1, 0.15) is 11.7 Å². The minimum Gasteiger partial charge on any atom is -0.351 e. The topological polar surface area (TPSA) is 148 Å². The van der Waals surface area contributed by atoms with Crippen molar-refractivity contribution in [2.75, 3.05) is 10.6 Å². The molecule has 2 atom stereocenters. The predicted molar refractivity (Wildman–Crippen MR) is 152 cm³/mol. The number of carbonyl (C=O) groups is 5. The molecule has 2 aliphatic rings. The Bertz CT molecular complexity index is 1490. The van der Waals surface area contributed by atoms with Gasteiger partial charge in [0, 0.05) is 30.3 Å². The first-order chi connectivity index (χ1) is 19.4. The standard InChI is InChI=1S/C31H33N5O5/c1-18(2)23(15-27(38)34-22-10-6-8-20(14-22)31(3,4)17-32)19-7-5-9-21(13-19)33-24-16-28(39)36(30(24)41)25-11-12-26(37)35-29(25)40/h5-10,13-14,16,18,23,25,33H,11-12,15H2,1-4H3,(H,34,38)(H,35,37,40). The molecule has 0 bridgehead atoms. The summed E-state index contributed by atoms with van der Waals surface area (Å²) >= 11 is 0. The molecule has 1 saturated heterocycles. The fraction of sp³-hybridized carbons (Fsp3) is 0.355. The third-order valence-electron chi connectivity index (χ3n) is 7.43. The van der Waals surface area contributed by atoms with Crippen LogP contribution in [0.4, 0.5) is 11.4 Å². The number of nitrogens with zero attached hydrogens (tertiary/aromatic N) is 2. The molecule has 0 spiro atoms. The first kappa shape index (κ1) is 29.2. The molecular formula is C31H33N5O5. The minimum atomic E-state index is -1.04. The second-order valence-electron chi connectivity index (χ2n) is 11.2. The van der Waals surface area contributed by atoms with Crippen molar-refractivity contribution >= 4 is 40.9 Å². The van der Waals surface area contributed by atoms with Gasteiger partial charge in [-0.2, -0.15) is 5.26 Å². The van der Waals surface area contributed by atoms with Gasteiger partial charge in [0.15, 0.2) is 0 Å². The number of imide groups is 2. The summed E-state index contributed by atoms with van der Waals surface area (Å²) in [6.45, 7) is 7.68. The first-order valence-corrected chi connectivity index (χ1v) is 13.5. The van der Waals surface area contributed by atoms with Crippen LogP contribution in [-0.4, -0.2) is 40.5 Å². The fourth-order valence-corrected chi connectivity index (χ4v) is 5.00. The second-order valence-corrected chi connectivity index (χ2v) is 11.2. The van der Waals surface area contributed by atoms with E-state index in [4.69, 9.17) is 0 Å². The molecule has 2 aromatic rings. The number of nitriles is 1. The van der Waals surface area contributed by atoms with Crippen molar-refractivity contribution in [3.63, 3.8) is 0 Å². The number of piperidine rings is 1. The van der Waals surface area contributed by atoms with Crippen LogP contribution in [0.2, 0.25) is 0 Å². The van der Waals surface area contributed by atoms with E-state index in [1.807, 2.05) is 58.0 Å². The zero-order chi connectivity index (χ0) is 29.9. The van der Waals surface area contributed by atoms with E-state index in [1.54, 1.807) is 18.2 Å². The van der Waals surface area contributed by atoms with E-state index in [0.717, 1.165) is 22.1 Å². The number of carbonyl (C=O) groups excluding carboxylic acids is 5. The van der Waals surface area contributed by atoms with Gasteiger partial charge in [-0.15, -0.1) is 0 Å². The van der Waals surface area contributed by atoms with Crippen molar-refractivity contribution in [1.29, 1.82) is 5.26 Å². The van der Waals surface area contributed by atoms with Crippen LogP contribution in [0.25, 0.3) is 0 Å². The summed E-state index contributed by atoms with van der Waals surface area (Å²) < 4.78 is 0. The van der Waals surface area contributed by atoms with Crippen molar-refractivity contribution in [1.82, 2.24) is 10.2 Å². The summed E-state index contributed by atoms with van der Waals surface area (Å²) in [5, 5.41) is 17.6. The Morgan fingerprint density at radius 1 is 1.10 bits per heavy atom. The number of amides is 5. The highest BCUT2D eigenvalue weighted by Gasteiger charge is 2.42. The monoisotopic (exact) mass is 555 g/mol. The average Bonchev–Trinajstić information content (AvgIpc) is 3.19. The predicted octanol–water partition coefficient (Wildman–Crippen LogP) is 3.73. The zero-order valence-corrected chi connectivity index (χ0v) is 23.5. The molecule has 4 rings (SSSR count). The fourth-order valence-electron chi connectivity index (χ4n) is 5.00. The van der Waals surface area contributed by atoms with Gasteiger partial charge < -0.3 is 10.6 Å². The summed E-state index contributed by atoms with van der Waals surface area (Å²) in [7, 11) is 0. The summed E-state index contributed by atoms with van der Waals surface area (Å²) in [6, 6.07) is 15.8. The quantitative estimate of drug-likeness (QED) is 0.399. The molecule has 212 valence electrons. The molecule has 10 nitrogen and oxygen atoms in total. The molecule has 0 aromatic heterocycles. The lowest BCUT2D eigenvalue weighted by Crippen LogP contribution is -2.54. The van der Waals surface area contributed by atoms with Crippen molar-refractivity contribution in [2.45, 2.75) is 64.3 Å². The number of rotatable bonds is 9. The van der Waals surface area contributed by atoms with Gasteiger partial charge in [0.25, 0.3) is 11.8 Å². The molecule has 2 aromatic carbocycles. The number of benzene rings is 2. The third kappa shape index (κ3) is 6.52. The van der Waals surface area contributed by atoms with E-state index in [1.165, 1.54) is 0 Å². The number of hydrogen-bond acceptors (Lipinski definition) is 7. The minimum absolute atomic E-state index is 0.0239. The Hall–Kier alpha value is -4.78. The second kappa shape index (κ2) is 11.8.